The van der Waals surface area contributed by atoms with Crippen molar-refractivity contribution >= 4 is 27.6 Å². The Labute approximate surface area is 166 Å². The summed E-state index contributed by atoms with van der Waals surface area (Å²) in [6.07, 6.45) is 2.86. The fraction of sp³-hybridized carbons (Fsp3) is 0.600. The number of sulfonamides is 1. The van der Waals surface area contributed by atoms with Crippen molar-refractivity contribution in [2.45, 2.75) is 45.1 Å². The van der Waals surface area contributed by atoms with E-state index in [9.17, 15) is 18.0 Å². The molecule has 3 rings (SSSR count). The number of benzene rings is 1. The van der Waals surface area contributed by atoms with Crippen LogP contribution in [-0.2, 0) is 30.8 Å². The smallest absolute Gasteiger partial charge is 0.329 e. The summed E-state index contributed by atoms with van der Waals surface area (Å²) in [5, 5.41) is 0. The molecule has 0 aromatic heterocycles. The second-order valence-corrected chi connectivity index (χ2v) is 9.51. The van der Waals surface area contributed by atoms with Gasteiger partial charge in [0.2, 0.25) is 15.9 Å². The Morgan fingerprint density at radius 1 is 1.18 bits per heavy atom. The van der Waals surface area contributed by atoms with Gasteiger partial charge in [0.1, 0.15) is 6.04 Å². The lowest BCUT2D eigenvalue weighted by molar-refractivity contribution is -0.143. The molecular formula is C20H28N2O5S. The van der Waals surface area contributed by atoms with E-state index >= 15 is 0 Å². The molecule has 2 aliphatic heterocycles. The number of piperidine rings is 1. The third-order valence-electron chi connectivity index (χ3n) is 5.64. The number of carbonyl (C=O) groups is 2. The molecule has 1 aromatic carbocycles. The van der Waals surface area contributed by atoms with E-state index in [0.717, 1.165) is 17.7 Å². The normalized spacial score (nSPS) is 20.8. The second-order valence-electron chi connectivity index (χ2n) is 7.42. The van der Waals surface area contributed by atoms with Crippen molar-refractivity contribution in [3.8, 4) is 0 Å². The second kappa shape index (κ2) is 8.61. The predicted molar refractivity (Wildman–Crippen MR) is 106 cm³/mol. The van der Waals surface area contributed by atoms with Crippen LogP contribution in [0.1, 0.15) is 38.2 Å². The van der Waals surface area contributed by atoms with Gasteiger partial charge < -0.3 is 4.74 Å². The Hall–Kier alpha value is -1.93. The van der Waals surface area contributed by atoms with Crippen LogP contribution in [0.25, 0.3) is 0 Å². The molecule has 7 nitrogen and oxygen atoms in total. The molecule has 28 heavy (non-hydrogen) atoms. The topological polar surface area (TPSA) is 84.0 Å². The summed E-state index contributed by atoms with van der Waals surface area (Å²) in [5.41, 5.74) is 1.70. The van der Waals surface area contributed by atoms with Gasteiger partial charge in [-0.2, -0.15) is 0 Å². The third kappa shape index (κ3) is 4.07. The maximum Gasteiger partial charge on any atom is 0.329 e. The first-order valence-electron chi connectivity index (χ1n) is 9.85. The number of amides is 1. The van der Waals surface area contributed by atoms with Crippen LogP contribution in [0, 0.1) is 5.92 Å². The fourth-order valence-electron chi connectivity index (χ4n) is 4.02. The summed E-state index contributed by atoms with van der Waals surface area (Å²) in [7, 11) is -1.93. The lowest BCUT2D eigenvalue weighted by atomic mass is 9.96. The number of rotatable bonds is 6. The summed E-state index contributed by atoms with van der Waals surface area (Å²) >= 11 is 0. The number of esters is 1. The van der Waals surface area contributed by atoms with Crippen LogP contribution in [0.4, 0.5) is 5.69 Å². The van der Waals surface area contributed by atoms with Crippen molar-refractivity contribution in [2.75, 3.05) is 30.9 Å². The standard InChI is InChI=1S/C20H28N2O5S/c1-3-4-13-28(25,26)21-11-9-15(10-12-21)19(23)22-17-8-6-5-7-16(17)14-18(22)20(24)27-2/h5-8,15,18H,3-4,9-14H2,1-2H3. The number of hydrogen-bond acceptors (Lipinski definition) is 5. The highest BCUT2D eigenvalue weighted by atomic mass is 32.2. The van der Waals surface area contributed by atoms with Gasteiger partial charge in [-0.25, -0.2) is 17.5 Å². The van der Waals surface area contributed by atoms with Gasteiger partial charge in [-0.1, -0.05) is 31.5 Å². The van der Waals surface area contributed by atoms with Crippen molar-refractivity contribution in [2.24, 2.45) is 5.92 Å². The highest BCUT2D eigenvalue weighted by Crippen LogP contribution is 2.35. The molecular weight excluding hydrogens is 380 g/mol. The van der Waals surface area contributed by atoms with Crippen molar-refractivity contribution in [1.82, 2.24) is 4.31 Å². The largest absolute Gasteiger partial charge is 0.467 e. The first kappa shape index (κ1) is 20.8. The highest BCUT2D eigenvalue weighted by Gasteiger charge is 2.42. The lowest BCUT2D eigenvalue weighted by Crippen LogP contribution is -2.49. The zero-order chi connectivity index (χ0) is 20.3. The van der Waals surface area contributed by atoms with Crippen LogP contribution in [0.3, 0.4) is 0 Å². The lowest BCUT2D eigenvalue weighted by Gasteiger charge is -2.34. The summed E-state index contributed by atoms with van der Waals surface area (Å²) in [4.78, 5) is 27.1. The van der Waals surface area contributed by atoms with E-state index in [0.29, 0.717) is 38.8 Å². The fourth-order valence-corrected chi connectivity index (χ4v) is 5.70. The summed E-state index contributed by atoms with van der Waals surface area (Å²) in [6.45, 7) is 2.66. The average molecular weight is 409 g/mol. The maximum atomic E-state index is 13.3. The van der Waals surface area contributed by atoms with Gasteiger partial charge in [0.25, 0.3) is 0 Å². The van der Waals surface area contributed by atoms with E-state index in [1.165, 1.54) is 11.4 Å². The van der Waals surface area contributed by atoms with Crippen LogP contribution >= 0.6 is 0 Å². The van der Waals surface area contributed by atoms with Crippen LogP contribution in [0.2, 0.25) is 0 Å². The van der Waals surface area contributed by atoms with Crippen molar-refractivity contribution in [3.05, 3.63) is 29.8 Å². The van der Waals surface area contributed by atoms with Gasteiger partial charge in [-0.05, 0) is 30.9 Å². The third-order valence-corrected chi connectivity index (χ3v) is 7.60. The molecule has 1 amide bonds. The molecule has 1 saturated heterocycles. The Bertz CT molecular complexity index is 831. The molecule has 2 heterocycles. The maximum absolute atomic E-state index is 13.3. The molecule has 0 aliphatic carbocycles. The molecule has 0 bridgehead atoms. The van der Waals surface area contributed by atoms with Crippen molar-refractivity contribution in [3.63, 3.8) is 0 Å². The molecule has 1 unspecified atom stereocenters. The van der Waals surface area contributed by atoms with Gasteiger partial charge in [-0.3, -0.25) is 9.69 Å². The zero-order valence-corrected chi connectivity index (χ0v) is 17.3. The van der Waals surface area contributed by atoms with Crippen molar-refractivity contribution in [1.29, 1.82) is 0 Å². The Morgan fingerprint density at radius 3 is 2.50 bits per heavy atom. The number of unbranched alkanes of at least 4 members (excludes halogenated alkanes) is 1. The zero-order valence-electron chi connectivity index (χ0n) is 16.5. The molecule has 1 atom stereocenters. The summed E-state index contributed by atoms with van der Waals surface area (Å²) in [6, 6.07) is 6.85. The van der Waals surface area contributed by atoms with E-state index in [-0.39, 0.29) is 17.6 Å². The monoisotopic (exact) mass is 408 g/mol. The first-order chi connectivity index (χ1) is 13.4. The van der Waals surface area contributed by atoms with Gasteiger partial charge in [0.15, 0.2) is 0 Å². The van der Waals surface area contributed by atoms with Crippen LogP contribution in [-0.4, -0.2) is 56.6 Å². The predicted octanol–water partition coefficient (Wildman–Crippen LogP) is 1.96. The number of methoxy groups -OCH3 is 1. The molecule has 0 N–H and O–H groups in total. The number of nitrogens with zero attached hydrogens (tertiary/aromatic N) is 2. The summed E-state index contributed by atoms with van der Waals surface area (Å²) < 4.78 is 31.2. The number of para-hydroxylation sites is 1. The molecule has 154 valence electrons. The Morgan fingerprint density at radius 2 is 1.86 bits per heavy atom. The minimum absolute atomic E-state index is 0.119. The molecule has 1 fully saturated rings. The van der Waals surface area contributed by atoms with E-state index in [1.54, 1.807) is 4.90 Å². The Kier molecular flexibility index (Phi) is 6.40. The first-order valence-corrected chi connectivity index (χ1v) is 11.5. The quantitative estimate of drug-likeness (QED) is 0.672. The van der Waals surface area contributed by atoms with Gasteiger partial charge >= 0.3 is 5.97 Å². The molecule has 0 spiro atoms. The summed E-state index contributed by atoms with van der Waals surface area (Å²) in [5.74, 6) is -0.683. The van der Waals surface area contributed by atoms with Gasteiger partial charge in [0.05, 0.1) is 12.9 Å². The number of anilines is 1. The molecule has 1 aromatic rings. The van der Waals surface area contributed by atoms with Gasteiger partial charge in [0, 0.05) is 31.1 Å². The van der Waals surface area contributed by atoms with Crippen LogP contribution < -0.4 is 4.90 Å². The van der Waals surface area contributed by atoms with Crippen LogP contribution in [0.5, 0.6) is 0 Å². The van der Waals surface area contributed by atoms with Crippen molar-refractivity contribution < 1.29 is 22.7 Å². The number of hydrogen-bond donors (Lipinski definition) is 0. The number of fused-ring (bicyclic) bond motifs is 1. The number of ether oxygens (including phenoxy) is 1. The van der Waals surface area contributed by atoms with E-state index in [1.807, 2.05) is 31.2 Å². The average Bonchev–Trinajstić information content (AvgIpc) is 3.11. The van der Waals surface area contributed by atoms with E-state index in [4.69, 9.17) is 4.74 Å². The molecule has 0 saturated carbocycles. The minimum atomic E-state index is -3.26. The molecule has 2 aliphatic rings. The van der Waals surface area contributed by atoms with Crippen LogP contribution in [0.15, 0.2) is 24.3 Å². The SMILES string of the molecule is CCCCS(=O)(=O)N1CCC(C(=O)N2c3ccccc3CC2C(=O)OC)CC1. The minimum Gasteiger partial charge on any atom is -0.467 e. The number of carbonyl (C=O) groups excluding carboxylic acids is 2. The van der Waals surface area contributed by atoms with Gasteiger partial charge in [-0.15, -0.1) is 0 Å². The molecule has 8 heteroatoms. The highest BCUT2D eigenvalue weighted by molar-refractivity contribution is 7.89. The molecule has 0 radical (unpaired) electrons. The van der Waals surface area contributed by atoms with E-state index in [2.05, 4.69) is 0 Å². The van der Waals surface area contributed by atoms with E-state index < -0.39 is 22.0 Å². The Balaban J connectivity index is 1.72.